The lowest BCUT2D eigenvalue weighted by Crippen LogP contribution is -2.02. The number of aromatic hydroxyl groups is 1. The van der Waals surface area contributed by atoms with Gasteiger partial charge < -0.3 is 20.1 Å². The normalized spacial score (nSPS) is 10.3. The molecule has 130 valence electrons. The Balaban J connectivity index is 2.17. The van der Waals surface area contributed by atoms with Gasteiger partial charge in [0.1, 0.15) is 22.8 Å². The van der Waals surface area contributed by atoms with E-state index in [1.165, 1.54) is 36.4 Å². The predicted molar refractivity (Wildman–Crippen MR) is 94.0 cm³/mol. The quantitative estimate of drug-likeness (QED) is 0.635. The van der Waals surface area contributed by atoms with Crippen molar-refractivity contribution >= 4 is 11.9 Å². The van der Waals surface area contributed by atoms with Crippen molar-refractivity contribution in [2.45, 2.75) is 0 Å². The van der Waals surface area contributed by atoms with Gasteiger partial charge in [0.25, 0.3) is 0 Å². The van der Waals surface area contributed by atoms with Crippen molar-refractivity contribution in [1.29, 1.82) is 0 Å². The Hall–Kier alpha value is -3.80. The van der Waals surface area contributed by atoms with Gasteiger partial charge in [0.15, 0.2) is 0 Å². The molecule has 0 amide bonds. The molecule has 3 aromatic rings. The highest BCUT2D eigenvalue weighted by molar-refractivity contribution is 5.98. The van der Waals surface area contributed by atoms with Gasteiger partial charge in [-0.2, -0.15) is 0 Å². The number of hydrogen-bond donors (Lipinski definition) is 3. The number of rotatable bonds is 5. The fourth-order valence-corrected chi connectivity index (χ4v) is 2.61. The number of ether oxygens (including phenoxy) is 1. The molecule has 0 aliphatic carbocycles. The Morgan fingerprint density at radius 2 is 1.27 bits per heavy atom. The largest absolute Gasteiger partial charge is 0.507 e. The minimum Gasteiger partial charge on any atom is -0.507 e. The molecule has 3 rings (SSSR count). The fraction of sp³-hybridized carbons (Fsp3) is 0. The van der Waals surface area contributed by atoms with E-state index in [0.29, 0.717) is 0 Å². The van der Waals surface area contributed by atoms with E-state index >= 15 is 0 Å². The Kier molecular flexibility index (Phi) is 4.57. The molecule has 0 aliphatic rings. The summed E-state index contributed by atoms with van der Waals surface area (Å²) >= 11 is 0. The molecule has 0 bridgehead atoms. The molecular formula is C20H14O6. The van der Waals surface area contributed by atoms with Gasteiger partial charge in [-0.25, -0.2) is 9.59 Å². The first-order valence-corrected chi connectivity index (χ1v) is 7.64. The van der Waals surface area contributed by atoms with Crippen LogP contribution in [0.5, 0.6) is 17.2 Å². The van der Waals surface area contributed by atoms with E-state index in [1.807, 2.05) is 0 Å². The topological polar surface area (TPSA) is 104 Å². The highest BCUT2D eigenvalue weighted by Crippen LogP contribution is 2.41. The number of carboxylic acids is 2. The Morgan fingerprint density at radius 3 is 1.96 bits per heavy atom. The first-order chi connectivity index (χ1) is 12.5. The summed E-state index contributed by atoms with van der Waals surface area (Å²) in [5.41, 5.74) is 0.380. The SMILES string of the molecule is O=C(O)c1ccccc1Oc1cccc(O)c1-c1ccccc1C(=O)O. The first kappa shape index (κ1) is 17.0. The minimum atomic E-state index is -1.16. The van der Waals surface area contributed by atoms with Crippen LogP contribution in [0.15, 0.2) is 66.7 Å². The van der Waals surface area contributed by atoms with Gasteiger partial charge in [-0.3, -0.25) is 0 Å². The molecule has 6 heteroatoms. The van der Waals surface area contributed by atoms with Gasteiger partial charge in [0.2, 0.25) is 0 Å². The molecule has 0 fully saturated rings. The number of phenols is 1. The average molecular weight is 350 g/mol. The van der Waals surface area contributed by atoms with E-state index in [2.05, 4.69) is 0 Å². The summed E-state index contributed by atoms with van der Waals surface area (Å²) in [7, 11) is 0. The third kappa shape index (κ3) is 3.21. The van der Waals surface area contributed by atoms with Crippen molar-refractivity contribution < 1.29 is 29.6 Å². The van der Waals surface area contributed by atoms with Gasteiger partial charge in [0, 0.05) is 5.56 Å². The monoisotopic (exact) mass is 350 g/mol. The van der Waals surface area contributed by atoms with Crippen molar-refractivity contribution in [2.75, 3.05) is 0 Å². The van der Waals surface area contributed by atoms with Crippen LogP contribution in [-0.2, 0) is 0 Å². The fourth-order valence-electron chi connectivity index (χ4n) is 2.61. The summed E-state index contributed by atoms with van der Waals surface area (Å²) in [4.78, 5) is 22.9. The van der Waals surface area contributed by atoms with Crippen molar-refractivity contribution in [2.24, 2.45) is 0 Å². The van der Waals surface area contributed by atoms with Crippen molar-refractivity contribution in [3.05, 3.63) is 77.9 Å². The van der Waals surface area contributed by atoms with Crippen LogP contribution >= 0.6 is 0 Å². The molecule has 0 atom stereocenters. The predicted octanol–water partition coefficient (Wildman–Crippen LogP) is 4.25. The van der Waals surface area contributed by atoms with Crippen LogP contribution in [0.2, 0.25) is 0 Å². The number of carboxylic acid groups (broad SMARTS) is 2. The Morgan fingerprint density at radius 1 is 0.692 bits per heavy atom. The summed E-state index contributed by atoms with van der Waals surface area (Å²) in [5.74, 6) is -2.26. The van der Waals surface area contributed by atoms with Gasteiger partial charge in [-0.05, 0) is 30.3 Å². The zero-order valence-electron chi connectivity index (χ0n) is 13.4. The molecule has 0 radical (unpaired) electrons. The lowest BCUT2D eigenvalue weighted by Gasteiger charge is -2.15. The van der Waals surface area contributed by atoms with Gasteiger partial charge in [-0.1, -0.05) is 36.4 Å². The lowest BCUT2D eigenvalue weighted by molar-refractivity contribution is 0.0685. The summed E-state index contributed by atoms with van der Waals surface area (Å²) in [6.45, 7) is 0. The van der Waals surface area contributed by atoms with Gasteiger partial charge in [0.05, 0.1) is 11.1 Å². The molecule has 0 aromatic heterocycles. The maximum Gasteiger partial charge on any atom is 0.339 e. The summed E-state index contributed by atoms with van der Waals surface area (Å²) in [5, 5.41) is 29.0. The number of hydrogen-bond acceptors (Lipinski definition) is 4. The molecule has 3 N–H and O–H groups in total. The highest BCUT2D eigenvalue weighted by atomic mass is 16.5. The lowest BCUT2D eigenvalue weighted by atomic mass is 9.98. The Bertz CT molecular complexity index is 993. The van der Waals surface area contributed by atoms with Crippen LogP contribution in [0.1, 0.15) is 20.7 Å². The van der Waals surface area contributed by atoms with E-state index in [1.54, 1.807) is 30.3 Å². The maximum absolute atomic E-state index is 11.5. The molecule has 6 nitrogen and oxygen atoms in total. The molecule has 0 heterocycles. The molecular weight excluding hydrogens is 336 g/mol. The number of benzene rings is 3. The Labute approximate surface area is 148 Å². The molecule has 26 heavy (non-hydrogen) atoms. The second-order valence-corrected chi connectivity index (χ2v) is 5.40. The first-order valence-electron chi connectivity index (χ1n) is 7.64. The summed E-state index contributed by atoms with van der Waals surface area (Å²) in [6, 6.07) is 16.7. The van der Waals surface area contributed by atoms with Crippen molar-refractivity contribution in [3.63, 3.8) is 0 Å². The molecule has 0 saturated carbocycles. The van der Waals surface area contributed by atoms with Crippen LogP contribution in [0.25, 0.3) is 11.1 Å². The molecule has 0 spiro atoms. The standard InChI is InChI=1S/C20H14O6/c21-15-9-5-11-17(26-16-10-4-3-8-14(16)20(24)25)18(15)12-6-1-2-7-13(12)19(22)23/h1-11,21H,(H,22,23)(H,24,25). The van der Waals surface area contributed by atoms with E-state index in [-0.39, 0.29) is 39.5 Å². The highest BCUT2D eigenvalue weighted by Gasteiger charge is 2.20. The molecule has 0 aliphatic heterocycles. The number of phenolic OH excluding ortho intramolecular Hbond substituents is 1. The van der Waals surface area contributed by atoms with Gasteiger partial charge >= 0.3 is 11.9 Å². The van der Waals surface area contributed by atoms with Gasteiger partial charge in [-0.15, -0.1) is 0 Å². The molecule has 3 aromatic carbocycles. The van der Waals surface area contributed by atoms with Crippen molar-refractivity contribution in [3.8, 4) is 28.4 Å². The van der Waals surface area contributed by atoms with E-state index in [9.17, 15) is 24.9 Å². The molecule has 0 saturated heterocycles. The van der Waals surface area contributed by atoms with Crippen LogP contribution in [0.4, 0.5) is 0 Å². The number of carbonyl (C=O) groups is 2. The van der Waals surface area contributed by atoms with Crippen LogP contribution in [0, 0.1) is 0 Å². The third-order valence-corrected chi connectivity index (χ3v) is 3.77. The van der Waals surface area contributed by atoms with E-state index in [4.69, 9.17) is 4.74 Å². The second-order valence-electron chi connectivity index (χ2n) is 5.40. The van der Waals surface area contributed by atoms with Crippen LogP contribution < -0.4 is 4.74 Å². The average Bonchev–Trinajstić information content (AvgIpc) is 2.62. The smallest absolute Gasteiger partial charge is 0.339 e. The van der Waals surface area contributed by atoms with Crippen LogP contribution in [-0.4, -0.2) is 27.3 Å². The minimum absolute atomic E-state index is 0.00892. The van der Waals surface area contributed by atoms with Crippen LogP contribution in [0.3, 0.4) is 0 Å². The number of aromatic carboxylic acids is 2. The zero-order valence-corrected chi connectivity index (χ0v) is 13.4. The second kappa shape index (κ2) is 6.98. The molecule has 0 unspecified atom stereocenters. The van der Waals surface area contributed by atoms with E-state index < -0.39 is 11.9 Å². The van der Waals surface area contributed by atoms with E-state index in [0.717, 1.165) is 0 Å². The third-order valence-electron chi connectivity index (χ3n) is 3.77. The maximum atomic E-state index is 11.5. The van der Waals surface area contributed by atoms with Crippen molar-refractivity contribution in [1.82, 2.24) is 0 Å². The summed E-state index contributed by atoms with van der Waals surface area (Å²) in [6.07, 6.45) is 0. The summed E-state index contributed by atoms with van der Waals surface area (Å²) < 4.78 is 5.74. The number of para-hydroxylation sites is 1. The zero-order chi connectivity index (χ0) is 18.7.